The van der Waals surface area contributed by atoms with Gasteiger partial charge in [0.15, 0.2) is 0 Å². The van der Waals surface area contributed by atoms with E-state index in [2.05, 4.69) is 21.2 Å². The molecule has 0 heterocycles. The van der Waals surface area contributed by atoms with Crippen LogP contribution in [0.4, 0.5) is 18.9 Å². The molecule has 1 saturated carbocycles. The molecule has 0 aliphatic heterocycles. The summed E-state index contributed by atoms with van der Waals surface area (Å²) in [5.74, 6) is -1.18. The fourth-order valence-corrected chi connectivity index (χ4v) is 7.85. The van der Waals surface area contributed by atoms with Gasteiger partial charge in [-0.15, -0.1) is 0 Å². The molecule has 0 spiro atoms. The molecule has 1 aliphatic rings. The Hall–Kier alpha value is -3.87. The topological polar surface area (TPSA) is 86.8 Å². The van der Waals surface area contributed by atoms with Crippen LogP contribution in [0, 0.1) is 6.92 Å². The van der Waals surface area contributed by atoms with Crippen molar-refractivity contribution in [1.82, 2.24) is 10.2 Å². The molecular weight excluding hydrogens is 755 g/mol. The van der Waals surface area contributed by atoms with Crippen molar-refractivity contribution in [1.29, 1.82) is 0 Å². The maximum Gasteiger partial charge on any atom is 0.417 e. The standard InChI is InChI=1S/C37H36BrClF3N3O4S/c1-25-11-18-31(19-12-25)50(48,49)45(30-17-20-33(39)32(22-30)37(40,41)42)24-35(46)44(23-27-13-15-28(38)16-14-27)34(21-26-7-3-2-4-8-26)36(47)43-29-9-5-6-10-29/h2-4,7-8,11-20,22,29,34H,5-6,9-10,21,23-24H2,1H3,(H,43,47)/t34-/m1/s1. The number of nitrogens with zero attached hydrogens (tertiary/aromatic N) is 2. The summed E-state index contributed by atoms with van der Waals surface area (Å²) >= 11 is 9.31. The van der Waals surface area contributed by atoms with E-state index in [-0.39, 0.29) is 23.9 Å². The summed E-state index contributed by atoms with van der Waals surface area (Å²) in [6, 6.07) is 23.6. The first-order valence-electron chi connectivity index (χ1n) is 16.1. The molecule has 264 valence electrons. The van der Waals surface area contributed by atoms with Crippen LogP contribution in [-0.4, -0.2) is 43.8 Å². The van der Waals surface area contributed by atoms with E-state index in [1.165, 1.54) is 17.0 Å². The molecule has 0 saturated heterocycles. The molecule has 1 aliphatic carbocycles. The second-order valence-electron chi connectivity index (χ2n) is 12.3. The Morgan fingerprint density at radius 2 is 1.56 bits per heavy atom. The predicted octanol–water partition coefficient (Wildman–Crippen LogP) is 8.32. The number of alkyl halides is 3. The molecule has 7 nitrogen and oxygen atoms in total. The summed E-state index contributed by atoms with van der Waals surface area (Å²) in [6.07, 6.45) is -1.27. The van der Waals surface area contributed by atoms with Crippen LogP contribution in [0.3, 0.4) is 0 Å². The minimum atomic E-state index is -4.90. The highest BCUT2D eigenvalue weighted by Crippen LogP contribution is 2.38. The Bertz CT molecular complexity index is 1910. The third kappa shape index (κ3) is 9.26. The number of nitrogens with one attached hydrogen (secondary N) is 1. The lowest BCUT2D eigenvalue weighted by molar-refractivity contribution is -0.140. The highest BCUT2D eigenvalue weighted by Gasteiger charge is 2.38. The van der Waals surface area contributed by atoms with Gasteiger partial charge in [0.05, 0.1) is 21.2 Å². The Labute approximate surface area is 303 Å². The normalized spacial score (nSPS) is 14.3. The minimum Gasteiger partial charge on any atom is -0.352 e. The van der Waals surface area contributed by atoms with Gasteiger partial charge in [-0.1, -0.05) is 101 Å². The van der Waals surface area contributed by atoms with Crippen molar-refractivity contribution in [3.63, 3.8) is 0 Å². The Morgan fingerprint density at radius 3 is 2.18 bits per heavy atom. The van der Waals surface area contributed by atoms with Gasteiger partial charge in [0.25, 0.3) is 10.0 Å². The maximum absolute atomic E-state index is 14.6. The van der Waals surface area contributed by atoms with E-state index < -0.39 is 56.9 Å². The van der Waals surface area contributed by atoms with Crippen molar-refractivity contribution in [3.05, 3.63) is 129 Å². The van der Waals surface area contributed by atoms with E-state index in [0.717, 1.165) is 53.4 Å². The summed E-state index contributed by atoms with van der Waals surface area (Å²) < 4.78 is 71.9. The summed E-state index contributed by atoms with van der Waals surface area (Å²) in [4.78, 5) is 29.8. The van der Waals surface area contributed by atoms with Gasteiger partial charge in [0.1, 0.15) is 12.6 Å². The molecule has 4 aromatic rings. The van der Waals surface area contributed by atoms with Crippen LogP contribution >= 0.6 is 27.5 Å². The molecule has 1 N–H and O–H groups in total. The van der Waals surface area contributed by atoms with E-state index in [9.17, 15) is 31.2 Å². The summed E-state index contributed by atoms with van der Waals surface area (Å²) in [5, 5.41) is 2.47. The number of anilines is 1. The second kappa shape index (κ2) is 16.0. The number of benzene rings is 4. The van der Waals surface area contributed by atoms with E-state index in [4.69, 9.17) is 11.6 Å². The largest absolute Gasteiger partial charge is 0.417 e. The van der Waals surface area contributed by atoms with Crippen LogP contribution in [0.2, 0.25) is 5.02 Å². The van der Waals surface area contributed by atoms with Crippen LogP contribution < -0.4 is 9.62 Å². The van der Waals surface area contributed by atoms with Crippen LogP contribution in [0.1, 0.15) is 47.9 Å². The Morgan fingerprint density at radius 1 is 0.920 bits per heavy atom. The third-order valence-corrected chi connectivity index (χ3v) is 11.3. The van der Waals surface area contributed by atoms with E-state index in [0.29, 0.717) is 15.9 Å². The Balaban J connectivity index is 1.61. The quantitative estimate of drug-likeness (QED) is 0.157. The van der Waals surface area contributed by atoms with Gasteiger partial charge in [-0.05, 0) is 73.4 Å². The first-order valence-corrected chi connectivity index (χ1v) is 18.7. The zero-order valence-electron chi connectivity index (χ0n) is 27.2. The molecule has 0 bridgehead atoms. The monoisotopic (exact) mass is 789 g/mol. The van der Waals surface area contributed by atoms with Crippen molar-refractivity contribution in [2.24, 2.45) is 0 Å². The fraction of sp³-hybridized carbons (Fsp3) is 0.297. The number of aryl methyl sites for hydroxylation is 1. The predicted molar refractivity (Wildman–Crippen MR) is 191 cm³/mol. The number of rotatable bonds is 12. The van der Waals surface area contributed by atoms with Crippen molar-refractivity contribution in [2.45, 2.75) is 68.7 Å². The molecule has 1 fully saturated rings. The molecular formula is C37H36BrClF3N3O4S. The average Bonchev–Trinajstić information content (AvgIpc) is 3.59. The zero-order valence-corrected chi connectivity index (χ0v) is 30.3. The molecule has 4 aromatic carbocycles. The van der Waals surface area contributed by atoms with Gasteiger partial charge in [0, 0.05) is 23.5 Å². The number of sulfonamides is 1. The van der Waals surface area contributed by atoms with Crippen molar-refractivity contribution >= 4 is 55.1 Å². The minimum absolute atomic E-state index is 0.0707. The molecule has 0 aromatic heterocycles. The smallest absolute Gasteiger partial charge is 0.352 e. The summed E-state index contributed by atoms with van der Waals surface area (Å²) in [6.45, 7) is 0.790. The van der Waals surface area contributed by atoms with Crippen LogP contribution in [-0.2, 0) is 38.8 Å². The number of halogens is 5. The van der Waals surface area contributed by atoms with Gasteiger partial charge in [-0.3, -0.25) is 13.9 Å². The lowest BCUT2D eigenvalue weighted by atomic mass is 10.0. The zero-order chi connectivity index (χ0) is 36.1. The van der Waals surface area contributed by atoms with Gasteiger partial charge >= 0.3 is 6.18 Å². The van der Waals surface area contributed by atoms with Crippen LogP contribution in [0.25, 0.3) is 0 Å². The third-order valence-electron chi connectivity index (χ3n) is 8.67. The SMILES string of the molecule is Cc1ccc(S(=O)(=O)N(CC(=O)N(Cc2ccc(Br)cc2)[C@H](Cc2ccccc2)C(=O)NC2CCCC2)c2ccc(Cl)c(C(F)(F)F)c2)cc1. The number of amides is 2. The first kappa shape index (κ1) is 37.4. The van der Waals surface area contributed by atoms with Crippen molar-refractivity contribution < 1.29 is 31.2 Å². The number of carbonyl (C=O) groups is 2. The molecule has 2 amide bonds. The van der Waals surface area contributed by atoms with Crippen LogP contribution in [0.5, 0.6) is 0 Å². The highest BCUT2D eigenvalue weighted by atomic mass is 79.9. The first-order chi connectivity index (χ1) is 23.7. The second-order valence-corrected chi connectivity index (χ2v) is 15.5. The van der Waals surface area contributed by atoms with Gasteiger partial charge < -0.3 is 10.2 Å². The van der Waals surface area contributed by atoms with Gasteiger partial charge in [-0.25, -0.2) is 8.42 Å². The molecule has 13 heteroatoms. The molecule has 5 rings (SSSR count). The van der Waals surface area contributed by atoms with Crippen LogP contribution in [0.15, 0.2) is 106 Å². The van der Waals surface area contributed by atoms with Crippen molar-refractivity contribution in [3.8, 4) is 0 Å². The van der Waals surface area contributed by atoms with Gasteiger partial charge in [0.2, 0.25) is 11.8 Å². The lowest BCUT2D eigenvalue weighted by Gasteiger charge is -2.34. The molecule has 50 heavy (non-hydrogen) atoms. The number of carbonyl (C=O) groups excluding carboxylic acids is 2. The summed E-state index contributed by atoms with van der Waals surface area (Å²) in [5.41, 5.74) is 0.527. The number of hydrogen-bond donors (Lipinski definition) is 1. The fourth-order valence-electron chi connectivity index (χ4n) is 5.96. The van der Waals surface area contributed by atoms with E-state index in [1.807, 2.05) is 30.3 Å². The molecule has 0 unspecified atom stereocenters. The van der Waals surface area contributed by atoms with Gasteiger partial charge in [-0.2, -0.15) is 13.2 Å². The highest BCUT2D eigenvalue weighted by molar-refractivity contribution is 9.10. The molecule has 0 radical (unpaired) electrons. The lowest BCUT2D eigenvalue weighted by Crippen LogP contribution is -2.54. The molecule has 1 atom stereocenters. The van der Waals surface area contributed by atoms with E-state index >= 15 is 0 Å². The van der Waals surface area contributed by atoms with Crippen molar-refractivity contribution in [2.75, 3.05) is 10.8 Å². The maximum atomic E-state index is 14.6. The Kier molecular flexibility index (Phi) is 12.0. The van der Waals surface area contributed by atoms with E-state index in [1.54, 1.807) is 43.3 Å². The average molecular weight is 791 g/mol. The summed E-state index contributed by atoms with van der Waals surface area (Å²) in [7, 11) is -4.61. The number of hydrogen-bond acceptors (Lipinski definition) is 4.